The molecule has 1 amide bonds. The van der Waals surface area contributed by atoms with Crippen LogP contribution in [0.25, 0.3) is 5.69 Å². The molecule has 1 aromatic carbocycles. The van der Waals surface area contributed by atoms with E-state index in [2.05, 4.69) is 10.4 Å². The second-order valence-electron chi connectivity index (χ2n) is 4.88. The molecule has 6 heteroatoms. The Hall–Kier alpha value is -1.85. The van der Waals surface area contributed by atoms with E-state index >= 15 is 0 Å². The van der Waals surface area contributed by atoms with E-state index in [0.29, 0.717) is 22.8 Å². The average molecular weight is 307 g/mol. The first-order valence-electron chi connectivity index (χ1n) is 6.75. The normalized spacial score (nSPS) is 10.7. The molecule has 0 bridgehead atoms. The summed E-state index contributed by atoms with van der Waals surface area (Å²) in [4.78, 5) is 14.1. The van der Waals surface area contributed by atoms with Crippen molar-refractivity contribution in [2.24, 2.45) is 0 Å². The summed E-state index contributed by atoms with van der Waals surface area (Å²) in [5, 5.41) is 8.11. The Morgan fingerprint density at radius 2 is 2.05 bits per heavy atom. The van der Waals surface area contributed by atoms with Crippen molar-refractivity contribution >= 4 is 17.5 Å². The average Bonchev–Trinajstić information content (AvgIpc) is 2.86. The van der Waals surface area contributed by atoms with Gasteiger partial charge in [-0.3, -0.25) is 4.79 Å². The van der Waals surface area contributed by atoms with Crippen LogP contribution in [0.3, 0.4) is 0 Å². The Labute approximate surface area is 129 Å². The quantitative estimate of drug-likeness (QED) is 0.920. The first kappa shape index (κ1) is 15.5. The lowest BCUT2D eigenvalue weighted by molar-refractivity contribution is 0.0796. The molecule has 2 aromatic rings. The number of hydrogen-bond acceptors (Lipinski definition) is 3. The minimum absolute atomic E-state index is 0.0250. The van der Waals surface area contributed by atoms with Gasteiger partial charge in [-0.15, -0.1) is 0 Å². The lowest BCUT2D eigenvalue weighted by Gasteiger charge is -2.16. The Kier molecular flexibility index (Phi) is 4.98. The zero-order valence-electron chi connectivity index (χ0n) is 12.4. The predicted octanol–water partition coefficient (Wildman–Crippen LogP) is 2.13. The van der Waals surface area contributed by atoms with Gasteiger partial charge < -0.3 is 10.2 Å². The number of halogens is 1. The summed E-state index contributed by atoms with van der Waals surface area (Å²) in [6.07, 6.45) is 1.76. The van der Waals surface area contributed by atoms with Crippen molar-refractivity contribution < 1.29 is 4.79 Å². The van der Waals surface area contributed by atoms with Crippen LogP contribution in [0.5, 0.6) is 0 Å². The molecule has 0 aliphatic heterocycles. The Morgan fingerprint density at radius 3 is 2.67 bits per heavy atom. The van der Waals surface area contributed by atoms with Crippen molar-refractivity contribution in [3.8, 4) is 5.69 Å². The fourth-order valence-electron chi connectivity index (χ4n) is 1.98. The van der Waals surface area contributed by atoms with E-state index < -0.39 is 0 Å². The van der Waals surface area contributed by atoms with Gasteiger partial charge >= 0.3 is 0 Å². The molecule has 0 radical (unpaired) electrons. The lowest BCUT2D eigenvalue weighted by atomic mass is 10.2. The van der Waals surface area contributed by atoms with Crippen molar-refractivity contribution in [1.82, 2.24) is 20.0 Å². The molecule has 5 nitrogen and oxygen atoms in total. The molecule has 0 aliphatic carbocycles. The van der Waals surface area contributed by atoms with Crippen molar-refractivity contribution in [3.05, 3.63) is 46.7 Å². The highest BCUT2D eigenvalue weighted by Gasteiger charge is 2.17. The van der Waals surface area contributed by atoms with Crippen LogP contribution in [0.1, 0.15) is 16.1 Å². The first-order valence-corrected chi connectivity index (χ1v) is 7.13. The van der Waals surface area contributed by atoms with E-state index in [1.54, 1.807) is 35.0 Å². The summed E-state index contributed by atoms with van der Waals surface area (Å²) in [5.74, 6) is -0.0250. The highest BCUT2D eigenvalue weighted by atomic mass is 35.5. The molecule has 1 heterocycles. The number of aromatic nitrogens is 2. The van der Waals surface area contributed by atoms with E-state index in [1.165, 1.54) is 0 Å². The van der Waals surface area contributed by atoms with Gasteiger partial charge in [0.15, 0.2) is 0 Å². The molecule has 0 aliphatic rings. The third-order valence-electron chi connectivity index (χ3n) is 3.26. The van der Waals surface area contributed by atoms with Gasteiger partial charge in [-0.2, -0.15) is 5.10 Å². The van der Waals surface area contributed by atoms with Crippen LogP contribution >= 0.6 is 11.6 Å². The zero-order chi connectivity index (χ0) is 15.4. The summed E-state index contributed by atoms with van der Waals surface area (Å²) < 4.78 is 1.70. The molecule has 0 unspecified atom stereocenters. The van der Waals surface area contributed by atoms with Gasteiger partial charge in [-0.1, -0.05) is 11.6 Å². The summed E-state index contributed by atoms with van der Waals surface area (Å²) in [5.41, 5.74) is 2.20. The maximum absolute atomic E-state index is 12.4. The van der Waals surface area contributed by atoms with Crippen molar-refractivity contribution in [3.63, 3.8) is 0 Å². The SMILES string of the molecule is CNCCN(C)C(=O)c1cn(-c2ccc(Cl)cc2)nc1C. The number of likely N-dealkylation sites (N-methyl/N-ethyl adjacent to an activating group) is 2. The van der Waals surface area contributed by atoms with Crippen LogP contribution in [-0.4, -0.2) is 47.8 Å². The fourth-order valence-corrected chi connectivity index (χ4v) is 2.11. The number of benzene rings is 1. The maximum atomic E-state index is 12.4. The molecule has 2 rings (SSSR count). The van der Waals surface area contributed by atoms with Crippen LogP contribution < -0.4 is 5.32 Å². The van der Waals surface area contributed by atoms with E-state index in [0.717, 1.165) is 12.2 Å². The highest BCUT2D eigenvalue weighted by molar-refractivity contribution is 6.30. The smallest absolute Gasteiger partial charge is 0.257 e. The minimum atomic E-state index is -0.0250. The van der Waals surface area contributed by atoms with Crippen LogP contribution in [0.15, 0.2) is 30.5 Å². The summed E-state index contributed by atoms with van der Waals surface area (Å²) >= 11 is 5.88. The van der Waals surface area contributed by atoms with Crippen molar-refractivity contribution in [2.75, 3.05) is 27.2 Å². The number of nitrogens with zero attached hydrogens (tertiary/aromatic N) is 3. The minimum Gasteiger partial charge on any atom is -0.340 e. The van der Waals surface area contributed by atoms with E-state index in [1.807, 2.05) is 26.1 Å². The van der Waals surface area contributed by atoms with Gasteiger partial charge in [0.1, 0.15) is 0 Å². The number of nitrogens with one attached hydrogen (secondary N) is 1. The zero-order valence-corrected chi connectivity index (χ0v) is 13.2. The third-order valence-corrected chi connectivity index (χ3v) is 3.52. The summed E-state index contributed by atoms with van der Waals surface area (Å²) in [6.45, 7) is 3.25. The molecule has 21 heavy (non-hydrogen) atoms. The summed E-state index contributed by atoms with van der Waals surface area (Å²) in [6, 6.07) is 7.34. The van der Waals surface area contributed by atoms with Crippen LogP contribution in [0.2, 0.25) is 5.02 Å². The van der Waals surface area contributed by atoms with Crippen molar-refractivity contribution in [2.45, 2.75) is 6.92 Å². The maximum Gasteiger partial charge on any atom is 0.257 e. The number of carbonyl (C=O) groups is 1. The predicted molar refractivity (Wildman–Crippen MR) is 84.2 cm³/mol. The molecule has 112 valence electrons. The molecule has 0 fully saturated rings. The largest absolute Gasteiger partial charge is 0.340 e. The van der Waals surface area contributed by atoms with Gasteiger partial charge in [0, 0.05) is 31.4 Å². The van der Waals surface area contributed by atoms with Crippen LogP contribution in [0.4, 0.5) is 0 Å². The first-order chi connectivity index (χ1) is 10.0. The van der Waals surface area contributed by atoms with E-state index in [9.17, 15) is 4.79 Å². The molecular formula is C15H19ClN4O. The van der Waals surface area contributed by atoms with Crippen LogP contribution in [-0.2, 0) is 0 Å². The fraction of sp³-hybridized carbons (Fsp3) is 0.333. The van der Waals surface area contributed by atoms with Crippen molar-refractivity contribution in [1.29, 1.82) is 0 Å². The second kappa shape index (κ2) is 6.74. The van der Waals surface area contributed by atoms with Gasteiger partial charge in [-0.25, -0.2) is 4.68 Å². The standard InChI is InChI=1S/C15H19ClN4O/c1-11-14(15(21)19(3)9-8-17-2)10-20(18-11)13-6-4-12(16)5-7-13/h4-7,10,17H,8-9H2,1-3H3. The molecular weight excluding hydrogens is 288 g/mol. The number of carbonyl (C=O) groups excluding carboxylic acids is 1. The Bertz CT molecular complexity index is 621. The van der Waals surface area contributed by atoms with Gasteiger partial charge in [0.05, 0.1) is 16.9 Å². The van der Waals surface area contributed by atoms with Gasteiger partial charge in [0.25, 0.3) is 5.91 Å². The molecule has 0 atom stereocenters. The van der Waals surface area contributed by atoms with Gasteiger partial charge in [0.2, 0.25) is 0 Å². The third kappa shape index (κ3) is 3.62. The number of amides is 1. The second-order valence-corrected chi connectivity index (χ2v) is 5.32. The van der Waals surface area contributed by atoms with Crippen LogP contribution in [0, 0.1) is 6.92 Å². The molecule has 0 saturated heterocycles. The number of rotatable bonds is 5. The molecule has 1 N–H and O–H groups in total. The number of hydrogen-bond donors (Lipinski definition) is 1. The lowest BCUT2D eigenvalue weighted by Crippen LogP contribution is -2.32. The highest BCUT2D eigenvalue weighted by Crippen LogP contribution is 2.16. The van der Waals surface area contributed by atoms with Gasteiger partial charge in [-0.05, 0) is 38.2 Å². The van der Waals surface area contributed by atoms with E-state index in [-0.39, 0.29) is 5.91 Å². The Balaban J connectivity index is 2.22. The molecule has 1 aromatic heterocycles. The molecule has 0 saturated carbocycles. The van der Waals surface area contributed by atoms with E-state index in [4.69, 9.17) is 11.6 Å². The topological polar surface area (TPSA) is 50.2 Å². The summed E-state index contributed by atoms with van der Waals surface area (Å²) in [7, 11) is 3.65. The monoisotopic (exact) mass is 306 g/mol. The number of aryl methyl sites for hydroxylation is 1. The molecule has 0 spiro atoms. The Morgan fingerprint density at radius 1 is 1.38 bits per heavy atom.